The minimum Gasteiger partial charge on any atom is -0.493 e. The molecule has 4 rings (SSSR count). The number of nitrogens with one attached hydrogen (secondary N) is 1. The van der Waals surface area contributed by atoms with E-state index in [-0.39, 0.29) is 11.9 Å². The second-order valence-electron chi connectivity index (χ2n) is 9.78. The second-order valence-corrected chi connectivity index (χ2v) is 9.78. The molecule has 7 heteroatoms. The van der Waals surface area contributed by atoms with Gasteiger partial charge in [-0.1, -0.05) is 25.3 Å². The predicted octanol–water partition coefficient (Wildman–Crippen LogP) is 6.01. The first-order chi connectivity index (χ1) is 16.8. The van der Waals surface area contributed by atoms with Crippen LogP contribution >= 0.6 is 0 Å². The van der Waals surface area contributed by atoms with Crippen molar-refractivity contribution in [3.05, 3.63) is 46.8 Å². The van der Waals surface area contributed by atoms with Gasteiger partial charge in [0.15, 0.2) is 11.6 Å². The van der Waals surface area contributed by atoms with Crippen LogP contribution < -0.4 is 10.1 Å². The van der Waals surface area contributed by atoms with Crippen LogP contribution in [0.3, 0.4) is 0 Å². The van der Waals surface area contributed by atoms with Crippen LogP contribution in [0.2, 0.25) is 0 Å². The van der Waals surface area contributed by atoms with Crippen molar-refractivity contribution < 1.29 is 28.5 Å². The van der Waals surface area contributed by atoms with Crippen LogP contribution in [0.4, 0.5) is 10.1 Å². The van der Waals surface area contributed by atoms with Crippen LogP contribution in [0.25, 0.3) is 11.1 Å². The lowest BCUT2D eigenvalue weighted by molar-refractivity contribution is -0.145. The number of benzene rings is 2. The third-order valence-electron chi connectivity index (χ3n) is 7.49. The van der Waals surface area contributed by atoms with Crippen LogP contribution in [-0.2, 0) is 20.9 Å². The average Bonchev–Trinajstić information content (AvgIpc) is 2.87. The minimum atomic E-state index is -1.09. The number of rotatable bonds is 8. The lowest BCUT2D eigenvalue weighted by atomic mass is 9.89. The molecule has 0 unspecified atom stereocenters. The molecule has 0 spiro atoms. The van der Waals surface area contributed by atoms with E-state index in [1.807, 2.05) is 38.1 Å². The van der Waals surface area contributed by atoms with Crippen LogP contribution in [0.15, 0.2) is 24.3 Å². The Balaban J connectivity index is 1.72. The molecule has 1 aliphatic heterocycles. The molecule has 6 nitrogen and oxygen atoms in total. The molecule has 2 aliphatic rings. The summed E-state index contributed by atoms with van der Waals surface area (Å²) in [6.07, 6.45) is 6.55. The zero-order valence-electron chi connectivity index (χ0n) is 20.9. The van der Waals surface area contributed by atoms with Crippen LogP contribution in [0.5, 0.6) is 5.75 Å². The van der Waals surface area contributed by atoms with Crippen molar-refractivity contribution >= 4 is 11.7 Å². The van der Waals surface area contributed by atoms with Gasteiger partial charge in [0.2, 0.25) is 0 Å². The molecule has 0 bridgehead atoms. The van der Waals surface area contributed by atoms with E-state index >= 15 is 4.39 Å². The zero-order valence-corrected chi connectivity index (χ0v) is 20.9. The van der Waals surface area contributed by atoms with E-state index in [0.29, 0.717) is 43.9 Å². The SMILES string of the molecule is COc1c(C)c(C)cc(-c2ccc(NC3(C(=O)O)CCOCC3)cc2COC2CCCCC2)c1F. The molecule has 190 valence electrons. The number of hydrogen-bond acceptors (Lipinski definition) is 5. The average molecular weight is 486 g/mol. The molecule has 2 aromatic carbocycles. The molecule has 1 saturated carbocycles. The predicted molar refractivity (Wildman–Crippen MR) is 134 cm³/mol. The maximum atomic E-state index is 15.5. The molecule has 1 saturated heterocycles. The van der Waals surface area contributed by atoms with Crippen LogP contribution in [0.1, 0.15) is 61.6 Å². The Hall–Kier alpha value is -2.64. The highest BCUT2D eigenvalue weighted by Gasteiger charge is 2.40. The summed E-state index contributed by atoms with van der Waals surface area (Å²) in [6.45, 7) is 4.90. The van der Waals surface area contributed by atoms with Gasteiger partial charge in [-0.2, -0.15) is 0 Å². The van der Waals surface area contributed by atoms with Crippen molar-refractivity contribution in [3.8, 4) is 16.9 Å². The molecule has 35 heavy (non-hydrogen) atoms. The maximum absolute atomic E-state index is 15.5. The summed E-state index contributed by atoms with van der Waals surface area (Å²) in [6, 6.07) is 7.42. The van der Waals surface area contributed by atoms with Crippen molar-refractivity contribution in [1.29, 1.82) is 0 Å². The van der Waals surface area contributed by atoms with E-state index in [1.54, 1.807) is 0 Å². The van der Waals surface area contributed by atoms with E-state index in [2.05, 4.69) is 5.32 Å². The molecule has 2 fully saturated rings. The Morgan fingerprint density at radius 2 is 1.86 bits per heavy atom. The fourth-order valence-electron chi connectivity index (χ4n) is 5.17. The molecule has 0 radical (unpaired) electrons. The number of carboxylic acid groups (broad SMARTS) is 1. The number of carbonyl (C=O) groups is 1. The molecule has 0 atom stereocenters. The number of hydrogen-bond donors (Lipinski definition) is 2. The maximum Gasteiger partial charge on any atom is 0.329 e. The number of halogens is 1. The van der Waals surface area contributed by atoms with E-state index in [4.69, 9.17) is 14.2 Å². The van der Waals surface area contributed by atoms with Gasteiger partial charge in [0.05, 0.1) is 19.8 Å². The molecule has 2 aromatic rings. The third-order valence-corrected chi connectivity index (χ3v) is 7.49. The second kappa shape index (κ2) is 11.0. The van der Waals surface area contributed by atoms with Gasteiger partial charge in [-0.25, -0.2) is 9.18 Å². The van der Waals surface area contributed by atoms with E-state index < -0.39 is 17.3 Å². The lowest BCUT2D eigenvalue weighted by Crippen LogP contribution is -2.50. The molecular weight excluding hydrogens is 449 g/mol. The molecule has 1 aliphatic carbocycles. The summed E-state index contributed by atoms with van der Waals surface area (Å²) < 4.78 is 32.6. The normalized spacial score (nSPS) is 18.3. The highest BCUT2D eigenvalue weighted by atomic mass is 19.1. The number of ether oxygens (including phenoxy) is 3. The molecule has 0 aromatic heterocycles. The summed E-state index contributed by atoms with van der Waals surface area (Å²) in [5.41, 5.74) is 3.30. The van der Waals surface area contributed by atoms with Crippen LogP contribution in [0, 0.1) is 19.7 Å². The van der Waals surface area contributed by atoms with E-state index in [0.717, 1.165) is 47.9 Å². The van der Waals surface area contributed by atoms with E-state index in [1.165, 1.54) is 13.5 Å². The molecular formula is C28H36FNO5. The highest BCUT2D eigenvalue weighted by molar-refractivity contribution is 5.83. The monoisotopic (exact) mass is 485 g/mol. The van der Waals surface area contributed by atoms with Crippen LogP contribution in [-0.4, -0.2) is 43.0 Å². The summed E-state index contributed by atoms with van der Waals surface area (Å²) in [5, 5.41) is 13.2. The number of carboxylic acids is 1. The first-order valence-electron chi connectivity index (χ1n) is 12.5. The van der Waals surface area contributed by atoms with Gasteiger partial charge in [-0.15, -0.1) is 0 Å². The quantitative estimate of drug-likeness (QED) is 0.477. The zero-order chi connectivity index (χ0) is 25.0. The summed E-state index contributed by atoms with van der Waals surface area (Å²) in [5.74, 6) is -1.05. The van der Waals surface area contributed by atoms with E-state index in [9.17, 15) is 9.90 Å². The van der Waals surface area contributed by atoms with Crippen molar-refractivity contribution in [2.45, 2.75) is 77.0 Å². The van der Waals surface area contributed by atoms with Gasteiger partial charge in [0.25, 0.3) is 0 Å². The molecule has 1 heterocycles. The first kappa shape index (κ1) is 25.5. The Kier molecular flexibility index (Phi) is 7.97. The standard InChI is InChI=1S/C28H36FNO5/c1-18-15-24(25(29)26(33-3)19(18)2)23-10-9-21(30-28(27(31)32)11-13-34-14-12-28)16-20(23)17-35-22-7-5-4-6-8-22/h9-10,15-16,22,30H,4-8,11-14,17H2,1-3H3,(H,31,32). The number of anilines is 1. The fourth-order valence-corrected chi connectivity index (χ4v) is 5.17. The molecule has 0 amide bonds. The van der Waals surface area contributed by atoms with Crippen molar-refractivity contribution in [2.24, 2.45) is 0 Å². The lowest BCUT2D eigenvalue weighted by Gasteiger charge is -2.35. The van der Waals surface area contributed by atoms with Gasteiger partial charge in [0, 0.05) is 37.3 Å². The Morgan fingerprint density at radius 1 is 1.14 bits per heavy atom. The molecule has 2 N–H and O–H groups in total. The number of aliphatic carboxylic acids is 1. The van der Waals surface area contributed by atoms with Crippen molar-refractivity contribution in [1.82, 2.24) is 0 Å². The highest BCUT2D eigenvalue weighted by Crippen LogP contribution is 2.38. The van der Waals surface area contributed by atoms with Gasteiger partial charge in [-0.3, -0.25) is 0 Å². The fraction of sp³-hybridized carbons (Fsp3) is 0.536. The largest absolute Gasteiger partial charge is 0.493 e. The van der Waals surface area contributed by atoms with Gasteiger partial charge < -0.3 is 24.6 Å². The first-order valence-corrected chi connectivity index (χ1v) is 12.5. The minimum absolute atomic E-state index is 0.188. The van der Waals surface area contributed by atoms with Gasteiger partial charge >= 0.3 is 5.97 Å². The smallest absolute Gasteiger partial charge is 0.329 e. The van der Waals surface area contributed by atoms with Crippen molar-refractivity contribution in [3.63, 3.8) is 0 Å². The summed E-state index contributed by atoms with van der Waals surface area (Å²) in [4.78, 5) is 12.2. The van der Waals surface area contributed by atoms with Gasteiger partial charge in [0.1, 0.15) is 5.54 Å². The summed E-state index contributed by atoms with van der Waals surface area (Å²) >= 11 is 0. The Morgan fingerprint density at radius 3 is 2.51 bits per heavy atom. The van der Waals surface area contributed by atoms with Gasteiger partial charge in [-0.05, 0) is 67.1 Å². The van der Waals surface area contributed by atoms with Crippen molar-refractivity contribution in [2.75, 3.05) is 25.6 Å². The third kappa shape index (κ3) is 5.46. The number of methoxy groups -OCH3 is 1. The summed E-state index contributed by atoms with van der Waals surface area (Å²) in [7, 11) is 1.48. The number of aryl methyl sites for hydroxylation is 1. The Labute approximate surface area is 206 Å². The topological polar surface area (TPSA) is 77.0 Å². The Bertz CT molecular complexity index is 1060.